The average molecular weight is 357 g/mol. The molecular formula is C16H27N3O4S. The Morgan fingerprint density at radius 3 is 2.54 bits per heavy atom. The molecule has 0 saturated carbocycles. The second-order valence-corrected chi connectivity index (χ2v) is 7.72. The van der Waals surface area contributed by atoms with Gasteiger partial charge in [-0.25, -0.2) is 8.42 Å². The maximum Gasteiger partial charge on any atom is 0.193 e. The van der Waals surface area contributed by atoms with Crippen molar-refractivity contribution in [2.75, 3.05) is 46.4 Å². The topological polar surface area (TPSA) is 80.2 Å². The smallest absolute Gasteiger partial charge is 0.193 e. The third-order valence-corrected chi connectivity index (χ3v) is 5.32. The average Bonchev–Trinajstić information content (AvgIpc) is 2.58. The predicted molar refractivity (Wildman–Crippen MR) is 96.7 cm³/mol. The van der Waals surface area contributed by atoms with Gasteiger partial charge in [0, 0.05) is 44.6 Å². The fraction of sp³-hybridized carbons (Fsp3) is 0.562. The van der Waals surface area contributed by atoms with Crippen molar-refractivity contribution in [1.82, 2.24) is 10.2 Å². The van der Waals surface area contributed by atoms with E-state index < -0.39 is 9.84 Å². The van der Waals surface area contributed by atoms with E-state index in [4.69, 9.17) is 9.47 Å². The van der Waals surface area contributed by atoms with E-state index in [0.717, 1.165) is 17.1 Å². The van der Waals surface area contributed by atoms with Crippen LogP contribution in [0.5, 0.6) is 11.5 Å². The summed E-state index contributed by atoms with van der Waals surface area (Å²) in [4.78, 5) is 6.10. The van der Waals surface area contributed by atoms with Crippen molar-refractivity contribution in [3.05, 3.63) is 23.8 Å². The van der Waals surface area contributed by atoms with Crippen molar-refractivity contribution in [2.24, 2.45) is 4.99 Å². The molecule has 0 bridgehead atoms. The lowest BCUT2D eigenvalue weighted by Crippen LogP contribution is -2.40. The van der Waals surface area contributed by atoms with Crippen LogP contribution in [0.15, 0.2) is 23.2 Å². The van der Waals surface area contributed by atoms with Crippen LogP contribution in [-0.2, 0) is 16.4 Å². The lowest BCUT2D eigenvalue weighted by molar-refractivity contribution is 0.382. The van der Waals surface area contributed by atoms with E-state index in [2.05, 4.69) is 10.3 Å². The van der Waals surface area contributed by atoms with Gasteiger partial charge < -0.3 is 19.7 Å². The molecule has 0 atom stereocenters. The van der Waals surface area contributed by atoms with Crippen LogP contribution in [0.3, 0.4) is 0 Å². The SMILES string of the molecule is CCS(=O)(=O)CCNC(=NC)N(C)Cc1ccc(OC)cc1OC. The number of methoxy groups -OCH3 is 2. The molecule has 0 aliphatic rings. The number of hydrogen-bond donors (Lipinski definition) is 1. The number of nitrogens with one attached hydrogen (secondary N) is 1. The minimum atomic E-state index is -3.00. The molecular weight excluding hydrogens is 330 g/mol. The number of sulfone groups is 1. The molecule has 1 rings (SSSR count). The Balaban J connectivity index is 2.73. The van der Waals surface area contributed by atoms with Crippen LogP contribution in [0.25, 0.3) is 0 Å². The Morgan fingerprint density at radius 2 is 2.00 bits per heavy atom. The molecule has 0 saturated heterocycles. The largest absolute Gasteiger partial charge is 0.497 e. The zero-order valence-corrected chi connectivity index (χ0v) is 15.8. The molecule has 0 fully saturated rings. The lowest BCUT2D eigenvalue weighted by atomic mass is 10.2. The van der Waals surface area contributed by atoms with Crippen molar-refractivity contribution in [3.63, 3.8) is 0 Å². The molecule has 0 unspecified atom stereocenters. The number of benzene rings is 1. The van der Waals surface area contributed by atoms with Crippen molar-refractivity contribution >= 4 is 15.8 Å². The Bertz CT molecular complexity index is 659. The highest BCUT2D eigenvalue weighted by atomic mass is 32.2. The highest BCUT2D eigenvalue weighted by Gasteiger charge is 2.12. The van der Waals surface area contributed by atoms with E-state index in [1.165, 1.54) is 0 Å². The Morgan fingerprint density at radius 1 is 1.29 bits per heavy atom. The number of guanidine groups is 1. The Hall–Kier alpha value is -1.96. The van der Waals surface area contributed by atoms with E-state index in [-0.39, 0.29) is 11.5 Å². The van der Waals surface area contributed by atoms with E-state index in [1.54, 1.807) is 28.2 Å². The summed E-state index contributed by atoms with van der Waals surface area (Å²) >= 11 is 0. The zero-order valence-electron chi connectivity index (χ0n) is 15.0. The van der Waals surface area contributed by atoms with Gasteiger partial charge in [-0.15, -0.1) is 0 Å². The molecule has 7 nitrogen and oxygen atoms in total. The predicted octanol–water partition coefficient (Wildman–Crippen LogP) is 1.15. The van der Waals surface area contributed by atoms with Crippen LogP contribution >= 0.6 is 0 Å². The first kappa shape index (κ1) is 20.1. The summed E-state index contributed by atoms with van der Waals surface area (Å²) in [7, 11) is 3.77. The van der Waals surface area contributed by atoms with Crippen molar-refractivity contribution in [1.29, 1.82) is 0 Å². The summed E-state index contributed by atoms with van der Waals surface area (Å²) in [5.41, 5.74) is 0.977. The van der Waals surface area contributed by atoms with Gasteiger partial charge in [-0.2, -0.15) is 0 Å². The van der Waals surface area contributed by atoms with Gasteiger partial charge in [0.25, 0.3) is 0 Å². The molecule has 0 aromatic heterocycles. The maximum absolute atomic E-state index is 11.6. The van der Waals surface area contributed by atoms with Crippen LogP contribution < -0.4 is 14.8 Å². The van der Waals surface area contributed by atoms with E-state index in [0.29, 0.717) is 19.0 Å². The maximum atomic E-state index is 11.6. The summed E-state index contributed by atoms with van der Waals surface area (Å²) in [6, 6.07) is 5.63. The van der Waals surface area contributed by atoms with Crippen molar-refractivity contribution in [2.45, 2.75) is 13.5 Å². The van der Waals surface area contributed by atoms with Crippen LogP contribution in [0.1, 0.15) is 12.5 Å². The lowest BCUT2D eigenvalue weighted by Gasteiger charge is -2.23. The summed E-state index contributed by atoms with van der Waals surface area (Å²) in [6.07, 6.45) is 0. The molecule has 8 heteroatoms. The molecule has 0 spiro atoms. The second-order valence-electron chi connectivity index (χ2n) is 5.24. The van der Waals surface area contributed by atoms with E-state index in [9.17, 15) is 8.42 Å². The summed E-state index contributed by atoms with van der Waals surface area (Å²) in [6.45, 7) is 2.53. The number of aliphatic imine (C=N–C) groups is 1. The van der Waals surface area contributed by atoms with Crippen LogP contribution in [0, 0.1) is 0 Å². The molecule has 1 N–H and O–H groups in total. The van der Waals surface area contributed by atoms with Gasteiger partial charge in [0.15, 0.2) is 15.8 Å². The van der Waals surface area contributed by atoms with Gasteiger partial charge in [-0.3, -0.25) is 4.99 Å². The molecule has 0 amide bonds. The third kappa shape index (κ3) is 5.92. The molecule has 136 valence electrons. The first-order valence-electron chi connectivity index (χ1n) is 7.70. The minimum Gasteiger partial charge on any atom is -0.497 e. The Kier molecular flexibility index (Phi) is 7.84. The summed E-state index contributed by atoms with van der Waals surface area (Å²) in [5.74, 6) is 2.31. The standard InChI is InChI=1S/C16H27N3O4S/c1-6-24(20,21)10-9-18-16(17-2)19(3)12-13-7-8-14(22-4)11-15(13)23-5/h7-8,11H,6,9-10,12H2,1-5H3,(H,17,18). The third-order valence-electron chi connectivity index (χ3n) is 3.61. The first-order chi connectivity index (χ1) is 11.4. The number of rotatable bonds is 8. The number of hydrogen-bond acceptors (Lipinski definition) is 5. The van der Waals surface area contributed by atoms with Gasteiger partial charge in [-0.1, -0.05) is 6.92 Å². The van der Waals surface area contributed by atoms with E-state index >= 15 is 0 Å². The second kappa shape index (κ2) is 9.36. The summed E-state index contributed by atoms with van der Waals surface area (Å²) < 4.78 is 33.7. The fourth-order valence-corrected chi connectivity index (χ4v) is 2.86. The minimum absolute atomic E-state index is 0.0855. The molecule has 0 heterocycles. The molecule has 1 aromatic carbocycles. The highest BCUT2D eigenvalue weighted by Crippen LogP contribution is 2.25. The van der Waals surface area contributed by atoms with Crippen LogP contribution in [0.4, 0.5) is 0 Å². The first-order valence-corrected chi connectivity index (χ1v) is 9.52. The van der Waals surface area contributed by atoms with Crippen LogP contribution in [0.2, 0.25) is 0 Å². The van der Waals surface area contributed by atoms with Gasteiger partial charge >= 0.3 is 0 Å². The molecule has 0 radical (unpaired) electrons. The highest BCUT2D eigenvalue weighted by molar-refractivity contribution is 7.91. The van der Waals surface area contributed by atoms with Gasteiger partial charge in [0.05, 0.1) is 20.0 Å². The van der Waals surface area contributed by atoms with Gasteiger partial charge in [0.1, 0.15) is 11.5 Å². The van der Waals surface area contributed by atoms with E-state index in [1.807, 2.05) is 30.1 Å². The number of nitrogens with zero attached hydrogens (tertiary/aromatic N) is 2. The van der Waals surface area contributed by atoms with Crippen molar-refractivity contribution < 1.29 is 17.9 Å². The van der Waals surface area contributed by atoms with Gasteiger partial charge in [-0.05, 0) is 12.1 Å². The molecule has 1 aromatic rings. The number of ether oxygens (including phenoxy) is 2. The van der Waals surface area contributed by atoms with Gasteiger partial charge in [0.2, 0.25) is 0 Å². The van der Waals surface area contributed by atoms with Crippen molar-refractivity contribution in [3.8, 4) is 11.5 Å². The molecule has 24 heavy (non-hydrogen) atoms. The Labute approximate surface area is 144 Å². The monoisotopic (exact) mass is 357 g/mol. The van der Waals surface area contributed by atoms with Crippen LogP contribution in [-0.4, -0.2) is 65.6 Å². The normalized spacial score (nSPS) is 12.0. The quantitative estimate of drug-likeness (QED) is 0.555. The molecule has 0 aliphatic carbocycles. The molecule has 0 aliphatic heterocycles. The zero-order chi connectivity index (χ0) is 18.2. The summed E-state index contributed by atoms with van der Waals surface area (Å²) in [5, 5.41) is 3.07. The fourth-order valence-electron chi connectivity index (χ4n) is 2.16.